The molecular formula is C18H22ClNO. The Hall–Kier alpha value is -1.51. The zero-order chi connectivity index (χ0) is 15.4. The first kappa shape index (κ1) is 15.9. The smallest absolute Gasteiger partial charge is 0.125 e. The summed E-state index contributed by atoms with van der Waals surface area (Å²) in [6.07, 6.45) is 0.919. The Bertz CT molecular complexity index is 625. The molecule has 0 amide bonds. The topological polar surface area (TPSA) is 21.3 Å². The Morgan fingerprint density at radius 2 is 1.90 bits per heavy atom. The standard InChI is InChI=1S/C18H22ClNO/c1-12-5-6-13(2)14(9-12)10-17(20-3)16-8-7-15(19)11-18(16)21-4/h5-9,11,17,20H,10H2,1-4H3. The van der Waals surface area contributed by atoms with Gasteiger partial charge in [0, 0.05) is 16.6 Å². The van der Waals surface area contributed by atoms with Gasteiger partial charge in [0.1, 0.15) is 5.75 Å². The number of hydrogen-bond donors (Lipinski definition) is 1. The van der Waals surface area contributed by atoms with E-state index in [1.807, 2.05) is 25.2 Å². The highest BCUT2D eigenvalue weighted by Crippen LogP contribution is 2.30. The van der Waals surface area contributed by atoms with E-state index < -0.39 is 0 Å². The molecule has 0 saturated heterocycles. The first-order valence-electron chi connectivity index (χ1n) is 7.12. The van der Waals surface area contributed by atoms with E-state index in [1.54, 1.807) is 7.11 Å². The Morgan fingerprint density at radius 3 is 2.57 bits per heavy atom. The lowest BCUT2D eigenvalue weighted by Crippen LogP contribution is -2.20. The van der Waals surface area contributed by atoms with Crippen LogP contribution in [0.3, 0.4) is 0 Å². The molecule has 2 nitrogen and oxygen atoms in total. The monoisotopic (exact) mass is 303 g/mol. The number of hydrogen-bond acceptors (Lipinski definition) is 2. The predicted molar refractivity (Wildman–Crippen MR) is 89.4 cm³/mol. The predicted octanol–water partition coefficient (Wildman–Crippen LogP) is 4.47. The summed E-state index contributed by atoms with van der Waals surface area (Å²) in [6.45, 7) is 4.28. The molecule has 0 radical (unpaired) electrons. The van der Waals surface area contributed by atoms with Crippen LogP contribution in [0, 0.1) is 13.8 Å². The number of ether oxygens (including phenoxy) is 1. The average molecular weight is 304 g/mol. The van der Waals surface area contributed by atoms with E-state index in [-0.39, 0.29) is 6.04 Å². The second kappa shape index (κ2) is 6.97. The molecule has 3 heteroatoms. The highest BCUT2D eigenvalue weighted by molar-refractivity contribution is 6.30. The summed E-state index contributed by atoms with van der Waals surface area (Å²) in [5, 5.41) is 4.08. The van der Waals surface area contributed by atoms with E-state index >= 15 is 0 Å². The Labute approximate surface area is 132 Å². The van der Waals surface area contributed by atoms with Gasteiger partial charge in [-0.15, -0.1) is 0 Å². The normalized spacial score (nSPS) is 12.2. The molecule has 0 aliphatic rings. The molecule has 0 saturated carbocycles. The molecule has 1 unspecified atom stereocenters. The van der Waals surface area contributed by atoms with Crippen molar-refractivity contribution >= 4 is 11.6 Å². The quantitative estimate of drug-likeness (QED) is 0.880. The number of nitrogens with one attached hydrogen (secondary N) is 1. The van der Waals surface area contributed by atoms with Crippen LogP contribution in [0.5, 0.6) is 5.75 Å². The van der Waals surface area contributed by atoms with Gasteiger partial charge in [0.2, 0.25) is 0 Å². The molecule has 2 rings (SSSR count). The minimum absolute atomic E-state index is 0.192. The molecular weight excluding hydrogens is 282 g/mol. The van der Waals surface area contributed by atoms with Crippen molar-refractivity contribution in [1.29, 1.82) is 0 Å². The fraction of sp³-hybridized carbons (Fsp3) is 0.333. The minimum Gasteiger partial charge on any atom is -0.496 e. The van der Waals surface area contributed by atoms with Gasteiger partial charge in [0.15, 0.2) is 0 Å². The highest BCUT2D eigenvalue weighted by atomic mass is 35.5. The van der Waals surface area contributed by atoms with Gasteiger partial charge in [-0.25, -0.2) is 0 Å². The van der Waals surface area contributed by atoms with Gasteiger partial charge in [-0.1, -0.05) is 41.4 Å². The van der Waals surface area contributed by atoms with E-state index in [0.29, 0.717) is 5.02 Å². The molecule has 2 aromatic carbocycles. The molecule has 0 aliphatic heterocycles. The SMILES string of the molecule is CNC(Cc1cc(C)ccc1C)c1ccc(Cl)cc1OC. The van der Waals surface area contributed by atoms with Gasteiger partial charge in [-0.2, -0.15) is 0 Å². The molecule has 0 heterocycles. The van der Waals surface area contributed by atoms with Crippen LogP contribution in [-0.4, -0.2) is 14.2 Å². The van der Waals surface area contributed by atoms with Crippen LogP contribution >= 0.6 is 11.6 Å². The molecule has 0 spiro atoms. The van der Waals surface area contributed by atoms with Crippen molar-refractivity contribution in [3.63, 3.8) is 0 Å². The van der Waals surface area contributed by atoms with Crippen LogP contribution in [0.1, 0.15) is 28.3 Å². The number of aryl methyl sites for hydroxylation is 2. The van der Waals surface area contributed by atoms with Crippen molar-refractivity contribution in [1.82, 2.24) is 5.32 Å². The maximum atomic E-state index is 6.05. The lowest BCUT2D eigenvalue weighted by atomic mass is 9.94. The molecule has 0 fully saturated rings. The lowest BCUT2D eigenvalue weighted by molar-refractivity contribution is 0.401. The van der Waals surface area contributed by atoms with Crippen molar-refractivity contribution in [2.45, 2.75) is 26.3 Å². The summed E-state index contributed by atoms with van der Waals surface area (Å²) < 4.78 is 5.48. The second-order valence-electron chi connectivity index (χ2n) is 5.36. The fourth-order valence-corrected chi connectivity index (χ4v) is 2.74. The number of halogens is 1. The van der Waals surface area contributed by atoms with Crippen LogP contribution in [0.4, 0.5) is 0 Å². The van der Waals surface area contributed by atoms with E-state index in [1.165, 1.54) is 16.7 Å². The first-order valence-corrected chi connectivity index (χ1v) is 7.49. The zero-order valence-corrected chi connectivity index (χ0v) is 13.8. The maximum Gasteiger partial charge on any atom is 0.125 e. The largest absolute Gasteiger partial charge is 0.496 e. The number of benzene rings is 2. The van der Waals surface area contributed by atoms with E-state index in [2.05, 4.69) is 37.4 Å². The molecule has 1 N–H and O–H groups in total. The highest BCUT2D eigenvalue weighted by Gasteiger charge is 2.16. The molecule has 2 aromatic rings. The first-order chi connectivity index (χ1) is 10.0. The van der Waals surface area contributed by atoms with Crippen LogP contribution in [0.25, 0.3) is 0 Å². The lowest BCUT2D eigenvalue weighted by Gasteiger charge is -2.21. The summed E-state index contributed by atoms with van der Waals surface area (Å²) in [7, 11) is 3.66. The van der Waals surface area contributed by atoms with Gasteiger partial charge in [-0.3, -0.25) is 0 Å². The number of rotatable bonds is 5. The van der Waals surface area contributed by atoms with Crippen LogP contribution < -0.4 is 10.1 Å². The maximum absolute atomic E-state index is 6.05. The summed E-state index contributed by atoms with van der Waals surface area (Å²) in [6, 6.07) is 12.6. The Balaban J connectivity index is 2.34. The average Bonchev–Trinajstić information content (AvgIpc) is 2.48. The fourth-order valence-electron chi connectivity index (χ4n) is 2.58. The third kappa shape index (κ3) is 3.78. The molecule has 112 valence electrons. The Kier molecular flexibility index (Phi) is 5.27. The molecule has 1 atom stereocenters. The van der Waals surface area contributed by atoms with Gasteiger partial charge >= 0.3 is 0 Å². The van der Waals surface area contributed by atoms with E-state index in [4.69, 9.17) is 16.3 Å². The Morgan fingerprint density at radius 1 is 1.14 bits per heavy atom. The summed E-state index contributed by atoms with van der Waals surface area (Å²) >= 11 is 6.05. The van der Waals surface area contributed by atoms with Crippen LogP contribution in [-0.2, 0) is 6.42 Å². The molecule has 21 heavy (non-hydrogen) atoms. The number of methoxy groups -OCH3 is 1. The van der Waals surface area contributed by atoms with Crippen molar-refractivity contribution in [2.24, 2.45) is 0 Å². The van der Waals surface area contributed by atoms with Crippen molar-refractivity contribution in [3.05, 3.63) is 63.7 Å². The third-order valence-electron chi connectivity index (χ3n) is 3.85. The van der Waals surface area contributed by atoms with Gasteiger partial charge < -0.3 is 10.1 Å². The second-order valence-corrected chi connectivity index (χ2v) is 5.80. The molecule has 0 aromatic heterocycles. The molecule has 0 bridgehead atoms. The van der Waals surface area contributed by atoms with Gasteiger partial charge in [0.25, 0.3) is 0 Å². The third-order valence-corrected chi connectivity index (χ3v) is 4.08. The minimum atomic E-state index is 0.192. The van der Waals surface area contributed by atoms with Crippen molar-refractivity contribution in [2.75, 3.05) is 14.2 Å². The van der Waals surface area contributed by atoms with E-state index in [9.17, 15) is 0 Å². The van der Waals surface area contributed by atoms with Crippen LogP contribution in [0.15, 0.2) is 36.4 Å². The van der Waals surface area contributed by atoms with E-state index in [0.717, 1.165) is 17.7 Å². The van der Waals surface area contributed by atoms with Crippen molar-refractivity contribution in [3.8, 4) is 5.75 Å². The summed E-state index contributed by atoms with van der Waals surface area (Å²) in [5.41, 5.74) is 5.08. The van der Waals surface area contributed by atoms with Crippen molar-refractivity contribution < 1.29 is 4.74 Å². The van der Waals surface area contributed by atoms with Crippen LogP contribution in [0.2, 0.25) is 5.02 Å². The zero-order valence-electron chi connectivity index (χ0n) is 13.0. The molecule has 0 aliphatic carbocycles. The van der Waals surface area contributed by atoms with Gasteiger partial charge in [-0.05, 0) is 50.6 Å². The number of likely N-dealkylation sites (N-methyl/N-ethyl adjacent to an activating group) is 1. The summed E-state index contributed by atoms with van der Waals surface area (Å²) in [4.78, 5) is 0. The van der Waals surface area contributed by atoms with Gasteiger partial charge in [0.05, 0.1) is 7.11 Å². The summed E-state index contributed by atoms with van der Waals surface area (Å²) in [5.74, 6) is 0.826.